The molecule has 0 saturated heterocycles. The third-order valence-electron chi connectivity index (χ3n) is 0. The van der Waals surface area contributed by atoms with Crippen molar-refractivity contribution in [2.45, 2.75) is 0 Å². The summed E-state index contributed by atoms with van der Waals surface area (Å²) >= 11 is 19.1. The van der Waals surface area contributed by atoms with E-state index in [9.17, 15) is 0 Å². The van der Waals surface area contributed by atoms with E-state index in [1.165, 1.54) is 0 Å². The smallest absolute Gasteiger partial charge is 0.290 e. The number of alkyl halides is 4. The molecule has 0 unspecified atom stereocenters. The maximum absolute atomic E-state index is 8.36. The zero-order valence-corrected chi connectivity index (χ0v) is 7.38. The summed E-state index contributed by atoms with van der Waals surface area (Å²) in [6.07, 6.45) is 0. The van der Waals surface area contributed by atoms with Crippen molar-refractivity contribution in [1.82, 2.24) is 0 Å². The molecule has 0 aliphatic rings. The van der Waals surface area contributed by atoms with Gasteiger partial charge in [-0.3, -0.25) is 4.79 Å². The fourth-order valence-electron chi connectivity index (χ4n) is 0. The van der Waals surface area contributed by atoms with Crippen molar-refractivity contribution in [1.29, 1.82) is 0 Å². The summed E-state index contributed by atoms with van der Waals surface area (Å²) in [7, 11) is 0. The van der Waals surface area contributed by atoms with E-state index >= 15 is 0 Å². The first kappa shape index (κ1) is 16.3. The molecule has 0 heterocycles. The summed E-state index contributed by atoms with van der Waals surface area (Å²) in [5, 5.41) is 7.28. The Morgan fingerprint density at radius 3 is 1.11 bits per heavy atom. The highest BCUT2D eigenvalue weighted by atomic mass is 35.5. The van der Waals surface area contributed by atoms with Crippen LogP contribution in [0.25, 0.3) is 0 Å². The molecule has 0 fully saturated rings. The third kappa shape index (κ3) is 956. The summed E-state index contributed by atoms with van der Waals surface area (Å²) in [6.45, 7) is -0.250. The van der Waals surface area contributed by atoms with E-state index in [-0.39, 0.29) is 17.2 Å². The molecule has 0 aromatic heterocycles. The summed E-state index contributed by atoms with van der Waals surface area (Å²) in [5.41, 5.74) is 0. The number of halogens is 4. The monoisotopic (exact) mass is 214 g/mol. The van der Waals surface area contributed by atoms with Gasteiger partial charge >= 0.3 is 0 Å². The van der Waals surface area contributed by atoms with Crippen LogP contribution < -0.4 is 0 Å². The molecule has 0 rings (SSSR count). The standard InChI is InChI=1S/2CH2Cl2.CH2O2/c3*2-1-3/h2*1H2;1H,(H,2,3). The third-order valence-corrected chi connectivity index (χ3v) is 0. The van der Waals surface area contributed by atoms with Crippen LogP contribution in [0.5, 0.6) is 0 Å². The first-order valence-electron chi connectivity index (χ1n) is 1.56. The molecule has 0 radical (unpaired) electrons. The van der Waals surface area contributed by atoms with Gasteiger partial charge in [-0.05, 0) is 0 Å². The highest BCUT2D eigenvalue weighted by molar-refractivity contribution is 6.40. The van der Waals surface area contributed by atoms with Crippen molar-refractivity contribution in [3.05, 3.63) is 0 Å². The minimum absolute atomic E-state index is 0.194. The molecule has 0 atom stereocenters. The van der Waals surface area contributed by atoms with Crippen molar-refractivity contribution >= 4 is 52.9 Å². The second kappa shape index (κ2) is 38.1. The van der Waals surface area contributed by atoms with Crippen LogP contribution in [0, 0.1) is 0 Å². The van der Waals surface area contributed by atoms with Crippen LogP contribution in [0.1, 0.15) is 0 Å². The average Bonchev–Trinajstić information content (AvgIpc) is 1.70. The molecule has 0 spiro atoms. The van der Waals surface area contributed by atoms with Gasteiger partial charge in [0.15, 0.2) is 0 Å². The lowest BCUT2D eigenvalue weighted by Crippen LogP contribution is -1.49. The first-order chi connectivity index (χ1) is 4.24. The van der Waals surface area contributed by atoms with E-state index in [2.05, 4.69) is 0 Å². The highest BCUT2D eigenvalue weighted by Crippen LogP contribution is 1.73. The van der Waals surface area contributed by atoms with Crippen LogP contribution in [0.3, 0.4) is 0 Å². The Balaban J connectivity index is -0.0000000600. The lowest BCUT2D eigenvalue weighted by Gasteiger charge is -1.42. The largest absolute Gasteiger partial charge is 0.483 e. The van der Waals surface area contributed by atoms with Crippen LogP contribution in [0.4, 0.5) is 0 Å². The normalized spacial score (nSPS) is 5.33. The Morgan fingerprint density at radius 1 is 1.11 bits per heavy atom. The van der Waals surface area contributed by atoms with Crippen LogP contribution >= 0.6 is 46.4 Å². The van der Waals surface area contributed by atoms with Crippen molar-refractivity contribution in [3.63, 3.8) is 0 Å². The lowest BCUT2D eigenvalue weighted by molar-refractivity contribution is -0.122. The molecular formula is C3H6Cl4O2. The summed E-state index contributed by atoms with van der Waals surface area (Å²) in [5.74, 6) is 0. The topological polar surface area (TPSA) is 37.3 Å². The Kier molecular flexibility index (Phi) is 69.1. The number of hydrogen-bond acceptors (Lipinski definition) is 1. The fourth-order valence-corrected chi connectivity index (χ4v) is 0. The van der Waals surface area contributed by atoms with Crippen molar-refractivity contribution in [2.24, 2.45) is 0 Å². The quantitative estimate of drug-likeness (QED) is 0.498. The van der Waals surface area contributed by atoms with Gasteiger partial charge < -0.3 is 5.11 Å². The van der Waals surface area contributed by atoms with Crippen LogP contribution in [0.2, 0.25) is 0 Å². The molecular weight excluding hydrogens is 210 g/mol. The van der Waals surface area contributed by atoms with Crippen LogP contribution in [0.15, 0.2) is 0 Å². The van der Waals surface area contributed by atoms with E-state index < -0.39 is 0 Å². The van der Waals surface area contributed by atoms with Gasteiger partial charge in [-0.25, -0.2) is 0 Å². The molecule has 9 heavy (non-hydrogen) atoms. The Morgan fingerprint density at radius 2 is 1.11 bits per heavy atom. The molecule has 2 nitrogen and oxygen atoms in total. The van der Waals surface area contributed by atoms with Gasteiger partial charge in [-0.15, -0.1) is 46.4 Å². The summed E-state index contributed by atoms with van der Waals surface area (Å²) in [4.78, 5) is 8.36. The maximum Gasteiger partial charge on any atom is 0.290 e. The van der Waals surface area contributed by atoms with Gasteiger partial charge in [0.2, 0.25) is 0 Å². The number of hydrogen-bond donors (Lipinski definition) is 1. The van der Waals surface area contributed by atoms with E-state index in [1.807, 2.05) is 0 Å². The van der Waals surface area contributed by atoms with Gasteiger partial charge in [0, 0.05) is 0 Å². The zero-order valence-electron chi connectivity index (χ0n) is 4.36. The minimum Gasteiger partial charge on any atom is -0.483 e. The highest BCUT2D eigenvalue weighted by Gasteiger charge is 1.42. The Bertz CT molecular complexity index is 33.0. The van der Waals surface area contributed by atoms with E-state index in [4.69, 9.17) is 56.3 Å². The second-order valence-electron chi connectivity index (χ2n) is 0.307. The van der Waals surface area contributed by atoms with Gasteiger partial charge in [-0.1, -0.05) is 0 Å². The second-order valence-corrected chi connectivity index (χ2v) is 1.92. The van der Waals surface area contributed by atoms with Gasteiger partial charge in [0.25, 0.3) is 6.47 Å². The Labute approximate surface area is 73.6 Å². The molecule has 0 aromatic rings. The first-order valence-corrected chi connectivity index (χ1v) is 3.70. The maximum atomic E-state index is 8.36. The molecule has 6 heteroatoms. The molecule has 0 aromatic carbocycles. The SMILES string of the molecule is ClCCl.ClCCl.O=CO. The summed E-state index contributed by atoms with van der Waals surface area (Å²) in [6, 6.07) is 0. The predicted molar refractivity (Wildman–Crippen MR) is 41.8 cm³/mol. The van der Waals surface area contributed by atoms with Crippen molar-refractivity contribution in [3.8, 4) is 0 Å². The van der Waals surface area contributed by atoms with Crippen molar-refractivity contribution in [2.75, 3.05) is 10.7 Å². The predicted octanol–water partition coefficient (Wildman–Crippen LogP) is 2.54. The molecule has 1 N–H and O–H groups in total. The van der Waals surface area contributed by atoms with E-state index in [0.29, 0.717) is 0 Å². The van der Waals surface area contributed by atoms with Gasteiger partial charge in [0.1, 0.15) is 0 Å². The summed E-state index contributed by atoms with van der Waals surface area (Å²) < 4.78 is 0. The molecule has 0 aliphatic carbocycles. The van der Waals surface area contributed by atoms with Crippen LogP contribution in [-0.4, -0.2) is 22.3 Å². The van der Waals surface area contributed by atoms with Crippen LogP contribution in [-0.2, 0) is 4.79 Å². The van der Waals surface area contributed by atoms with Gasteiger partial charge in [-0.2, -0.15) is 0 Å². The van der Waals surface area contributed by atoms with Crippen molar-refractivity contribution < 1.29 is 9.90 Å². The lowest BCUT2D eigenvalue weighted by atomic mass is 11.7. The fraction of sp³-hybridized carbons (Fsp3) is 0.667. The van der Waals surface area contributed by atoms with Gasteiger partial charge in [0.05, 0.1) is 10.7 Å². The number of carboxylic acid groups (broad SMARTS) is 1. The minimum atomic E-state index is -0.250. The molecule has 58 valence electrons. The average molecular weight is 216 g/mol. The molecule has 0 amide bonds. The molecule has 0 saturated carbocycles. The molecule has 0 bridgehead atoms. The Hall–Kier alpha value is 0.630. The van der Waals surface area contributed by atoms with E-state index in [0.717, 1.165) is 0 Å². The zero-order chi connectivity index (χ0) is 8.12. The number of carbonyl (C=O) groups is 1. The van der Waals surface area contributed by atoms with E-state index in [1.54, 1.807) is 0 Å². The number of rotatable bonds is 0. The molecule has 0 aliphatic heterocycles.